The van der Waals surface area contributed by atoms with Crippen LogP contribution in [0, 0.1) is 0 Å². The summed E-state index contributed by atoms with van der Waals surface area (Å²) in [6, 6.07) is 0.660. The van der Waals surface area contributed by atoms with Gasteiger partial charge in [-0.05, 0) is 12.1 Å². The van der Waals surface area contributed by atoms with Crippen LogP contribution in [0.3, 0.4) is 0 Å². The smallest absolute Gasteiger partial charge is 0.339 e. The topological polar surface area (TPSA) is 121 Å². The van der Waals surface area contributed by atoms with Crippen LogP contribution in [0.2, 0.25) is 5.02 Å². The molecule has 0 saturated carbocycles. The maximum absolute atomic E-state index is 10.7. The maximum Gasteiger partial charge on any atom is 0.339 e. The van der Waals surface area contributed by atoms with Crippen LogP contribution < -0.4 is 5.73 Å². The summed E-state index contributed by atoms with van der Waals surface area (Å²) in [5, 5.41) is 26.8. The summed E-state index contributed by atoms with van der Waals surface area (Å²) in [7, 11) is 0. The van der Waals surface area contributed by atoms with Crippen LogP contribution in [0.1, 0.15) is 22.0 Å². The highest BCUT2D eigenvalue weighted by atomic mass is 35.5. The molecule has 0 aliphatic carbocycles. The summed E-state index contributed by atoms with van der Waals surface area (Å²) in [4.78, 5) is 21.3. The fraction of sp³-hybridized carbons (Fsp3) is 0.111. The largest absolute Gasteiger partial charge is 0.507 e. The molecule has 0 fully saturated rings. The van der Waals surface area contributed by atoms with Gasteiger partial charge in [0.05, 0.1) is 0 Å². The maximum atomic E-state index is 10.7. The number of benzene rings is 1. The van der Waals surface area contributed by atoms with E-state index in [-0.39, 0.29) is 10.6 Å². The molecule has 1 aromatic rings. The van der Waals surface area contributed by atoms with Crippen molar-refractivity contribution in [3.8, 4) is 5.75 Å². The van der Waals surface area contributed by atoms with Crippen LogP contribution in [0.4, 0.5) is 0 Å². The quantitative estimate of drug-likeness (QED) is 0.626. The summed E-state index contributed by atoms with van der Waals surface area (Å²) in [5.74, 6) is -3.54. The van der Waals surface area contributed by atoms with Gasteiger partial charge >= 0.3 is 11.9 Å². The predicted molar refractivity (Wildman–Crippen MR) is 54.6 cm³/mol. The second kappa shape index (κ2) is 4.38. The predicted octanol–water partition coefficient (Wildman–Crippen LogP) is 0.828. The number of carboxylic acid groups (broad SMARTS) is 2. The molecule has 16 heavy (non-hydrogen) atoms. The summed E-state index contributed by atoms with van der Waals surface area (Å²) >= 11 is 5.65. The molecule has 0 spiro atoms. The summed E-state index contributed by atoms with van der Waals surface area (Å²) < 4.78 is 0. The molecule has 0 saturated heterocycles. The van der Waals surface area contributed by atoms with E-state index in [4.69, 9.17) is 27.5 Å². The van der Waals surface area contributed by atoms with Crippen LogP contribution >= 0.6 is 11.6 Å². The van der Waals surface area contributed by atoms with E-state index in [9.17, 15) is 14.7 Å². The van der Waals surface area contributed by atoms with Gasteiger partial charge in [-0.25, -0.2) is 4.79 Å². The van der Waals surface area contributed by atoms with Gasteiger partial charge in [0.25, 0.3) is 0 Å². The lowest BCUT2D eigenvalue weighted by Gasteiger charge is -2.12. The van der Waals surface area contributed by atoms with Gasteiger partial charge in [0, 0.05) is 10.6 Å². The molecule has 6 nitrogen and oxygen atoms in total. The van der Waals surface area contributed by atoms with Crippen LogP contribution in [-0.2, 0) is 4.79 Å². The van der Waals surface area contributed by atoms with E-state index >= 15 is 0 Å². The van der Waals surface area contributed by atoms with Gasteiger partial charge in [-0.3, -0.25) is 4.79 Å². The molecule has 0 heterocycles. The van der Waals surface area contributed by atoms with Crippen molar-refractivity contribution in [2.24, 2.45) is 5.73 Å². The van der Waals surface area contributed by atoms with Crippen molar-refractivity contribution < 1.29 is 24.9 Å². The van der Waals surface area contributed by atoms with E-state index in [0.717, 1.165) is 6.07 Å². The molecule has 0 amide bonds. The molecule has 1 atom stereocenters. The van der Waals surface area contributed by atoms with Crippen LogP contribution in [-0.4, -0.2) is 27.3 Å². The van der Waals surface area contributed by atoms with E-state index < -0.39 is 29.3 Å². The van der Waals surface area contributed by atoms with Crippen molar-refractivity contribution in [2.45, 2.75) is 6.04 Å². The Morgan fingerprint density at radius 1 is 1.31 bits per heavy atom. The second-order valence-electron chi connectivity index (χ2n) is 2.98. The van der Waals surface area contributed by atoms with Crippen molar-refractivity contribution in [1.82, 2.24) is 0 Å². The van der Waals surface area contributed by atoms with Crippen molar-refractivity contribution in [3.05, 3.63) is 28.3 Å². The zero-order valence-electron chi connectivity index (χ0n) is 7.85. The molecule has 7 heteroatoms. The molecule has 5 N–H and O–H groups in total. The first-order valence-electron chi connectivity index (χ1n) is 4.09. The first-order valence-corrected chi connectivity index (χ1v) is 4.47. The average Bonchev–Trinajstić information content (AvgIpc) is 2.16. The number of hydrogen-bond acceptors (Lipinski definition) is 4. The van der Waals surface area contributed by atoms with Crippen LogP contribution in [0.5, 0.6) is 5.75 Å². The number of aromatic carboxylic acids is 1. The molecule has 0 aromatic heterocycles. The Kier molecular flexibility index (Phi) is 3.36. The zero-order valence-corrected chi connectivity index (χ0v) is 8.60. The number of phenols is 1. The zero-order chi connectivity index (χ0) is 12.5. The van der Waals surface area contributed by atoms with Crippen molar-refractivity contribution in [2.75, 3.05) is 0 Å². The fourth-order valence-corrected chi connectivity index (χ4v) is 1.45. The molecule has 86 valence electrons. The van der Waals surface area contributed by atoms with Gasteiger partial charge < -0.3 is 21.1 Å². The standard InChI is InChI=1S/C9H8ClNO5/c10-4-2-1-3(8(13)14)7(12)5(4)6(11)9(15)16/h1-2,6,12H,11H2,(H,13,14)(H,15,16)/t6-/m0/s1. The normalized spacial score (nSPS) is 12.1. The Hall–Kier alpha value is -1.79. The summed E-state index contributed by atoms with van der Waals surface area (Å²) in [6.45, 7) is 0. The van der Waals surface area contributed by atoms with E-state index in [1.807, 2.05) is 0 Å². The highest BCUT2D eigenvalue weighted by molar-refractivity contribution is 6.32. The second-order valence-corrected chi connectivity index (χ2v) is 3.39. The molecule has 1 aromatic carbocycles. The number of carboxylic acids is 2. The number of halogens is 1. The molecule has 0 aliphatic heterocycles. The van der Waals surface area contributed by atoms with Gasteiger partial charge in [-0.15, -0.1) is 0 Å². The van der Waals surface area contributed by atoms with Crippen LogP contribution in [0.25, 0.3) is 0 Å². The van der Waals surface area contributed by atoms with Gasteiger partial charge in [0.15, 0.2) is 0 Å². The van der Waals surface area contributed by atoms with Gasteiger partial charge in [-0.1, -0.05) is 11.6 Å². The molecule has 0 aliphatic rings. The highest BCUT2D eigenvalue weighted by Crippen LogP contribution is 2.33. The Labute approximate surface area is 94.9 Å². The molecular weight excluding hydrogens is 238 g/mol. The van der Waals surface area contributed by atoms with Crippen molar-refractivity contribution in [3.63, 3.8) is 0 Å². The number of hydrogen-bond donors (Lipinski definition) is 4. The fourth-order valence-electron chi connectivity index (χ4n) is 1.18. The van der Waals surface area contributed by atoms with E-state index in [0.29, 0.717) is 0 Å². The average molecular weight is 246 g/mol. The monoisotopic (exact) mass is 245 g/mol. The van der Waals surface area contributed by atoms with Gasteiger partial charge in [-0.2, -0.15) is 0 Å². The molecule has 0 radical (unpaired) electrons. The minimum atomic E-state index is -1.58. The van der Waals surface area contributed by atoms with Gasteiger partial charge in [0.2, 0.25) is 0 Å². The third-order valence-corrected chi connectivity index (χ3v) is 2.30. The lowest BCUT2D eigenvalue weighted by atomic mass is 10.0. The molecule has 0 unspecified atom stereocenters. The number of aromatic hydroxyl groups is 1. The number of carbonyl (C=O) groups is 2. The SMILES string of the molecule is N[C@H](C(=O)O)c1c(Cl)ccc(C(=O)O)c1O. The first kappa shape index (κ1) is 12.3. The minimum absolute atomic E-state index is 0.0996. The summed E-state index contributed by atoms with van der Waals surface area (Å²) in [5.41, 5.74) is 4.51. The van der Waals surface area contributed by atoms with E-state index in [2.05, 4.69) is 0 Å². The molecular formula is C9H8ClNO5. The Morgan fingerprint density at radius 2 is 1.88 bits per heavy atom. The third-order valence-electron chi connectivity index (χ3n) is 1.97. The highest BCUT2D eigenvalue weighted by Gasteiger charge is 2.25. The van der Waals surface area contributed by atoms with Crippen molar-refractivity contribution in [1.29, 1.82) is 0 Å². The Morgan fingerprint density at radius 3 is 2.31 bits per heavy atom. The van der Waals surface area contributed by atoms with Gasteiger partial charge in [0.1, 0.15) is 17.4 Å². The third kappa shape index (κ3) is 2.07. The Bertz CT molecular complexity index is 459. The molecule has 1 rings (SSSR count). The van der Waals surface area contributed by atoms with Crippen LogP contribution in [0.15, 0.2) is 12.1 Å². The Balaban J connectivity index is 3.43. The number of nitrogens with two attached hydrogens (primary N) is 1. The van der Waals surface area contributed by atoms with Crippen molar-refractivity contribution >= 4 is 23.5 Å². The lowest BCUT2D eigenvalue weighted by molar-refractivity contribution is -0.138. The van der Waals surface area contributed by atoms with E-state index in [1.54, 1.807) is 0 Å². The minimum Gasteiger partial charge on any atom is -0.507 e. The number of rotatable bonds is 3. The first-order chi connectivity index (χ1) is 7.36. The summed E-state index contributed by atoms with van der Waals surface area (Å²) in [6.07, 6.45) is 0. The lowest BCUT2D eigenvalue weighted by Crippen LogP contribution is -2.21. The molecule has 0 bridgehead atoms. The van der Waals surface area contributed by atoms with E-state index in [1.165, 1.54) is 6.07 Å². The number of aliphatic carboxylic acids is 1.